The summed E-state index contributed by atoms with van der Waals surface area (Å²) in [6.07, 6.45) is 3.12. The molecule has 2 heterocycles. The van der Waals surface area contributed by atoms with Crippen LogP contribution in [0, 0.1) is 0 Å². The van der Waals surface area contributed by atoms with Crippen LogP contribution in [0.1, 0.15) is 6.42 Å². The van der Waals surface area contributed by atoms with E-state index in [2.05, 4.69) is 65.4 Å². The molecule has 1 aromatic heterocycles. The molecule has 0 N–H and O–H groups in total. The van der Waals surface area contributed by atoms with Gasteiger partial charge in [0, 0.05) is 37.0 Å². The second kappa shape index (κ2) is 7.67. The van der Waals surface area contributed by atoms with Crippen LogP contribution in [0.5, 0.6) is 0 Å². The van der Waals surface area contributed by atoms with E-state index in [1.807, 2.05) is 18.3 Å². The molecule has 0 atom stereocenters. The highest BCUT2D eigenvalue weighted by Crippen LogP contribution is 2.31. The van der Waals surface area contributed by atoms with Gasteiger partial charge in [0.1, 0.15) is 0 Å². The highest BCUT2D eigenvalue weighted by atomic mass is 15.3. The van der Waals surface area contributed by atoms with Gasteiger partial charge in [-0.15, -0.1) is 0 Å². The van der Waals surface area contributed by atoms with Crippen molar-refractivity contribution in [2.75, 3.05) is 38.1 Å². The number of likely N-dealkylation sites (N-methyl/N-ethyl adjacent to an activating group) is 1. The van der Waals surface area contributed by atoms with Crippen LogP contribution >= 0.6 is 0 Å². The van der Waals surface area contributed by atoms with E-state index >= 15 is 0 Å². The Hall–Kier alpha value is -2.72. The van der Waals surface area contributed by atoms with Gasteiger partial charge in [-0.25, -0.2) is 9.97 Å². The number of aromatic nitrogens is 2. The van der Waals surface area contributed by atoms with Gasteiger partial charge in [-0.3, -0.25) is 0 Å². The Bertz CT molecular complexity index is 849. The first kappa shape index (κ1) is 16.7. The predicted molar refractivity (Wildman–Crippen MR) is 107 cm³/mol. The standard InChI is InChI=1S/C22H24N4/c1-25-13-8-14-26(16-15-25)22-23-17-20(18-9-4-2-5-10-18)21(24-22)19-11-6-3-7-12-19/h2-7,9-12,17H,8,13-16H2,1H3. The molecule has 1 aliphatic heterocycles. The third kappa shape index (κ3) is 3.60. The van der Waals surface area contributed by atoms with Crippen molar-refractivity contribution in [1.29, 1.82) is 0 Å². The number of hydrogen-bond donors (Lipinski definition) is 0. The van der Waals surface area contributed by atoms with Crippen LogP contribution in [-0.2, 0) is 0 Å². The molecular weight excluding hydrogens is 320 g/mol. The fourth-order valence-electron chi connectivity index (χ4n) is 3.42. The molecule has 0 amide bonds. The van der Waals surface area contributed by atoms with Gasteiger partial charge in [-0.05, 0) is 25.6 Å². The van der Waals surface area contributed by atoms with Crippen LogP contribution in [0.15, 0.2) is 66.9 Å². The Morgan fingerprint density at radius 1 is 0.769 bits per heavy atom. The minimum Gasteiger partial charge on any atom is -0.339 e. The van der Waals surface area contributed by atoms with E-state index in [0.29, 0.717) is 0 Å². The Kier molecular flexibility index (Phi) is 4.93. The second-order valence-electron chi connectivity index (χ2n) is 6.81. The molecule has 0 unspecified atom stereocenters. The molecule has 0 spiro atoms. The van der Waals surface area contributed by atoms with Crippen molar-refractivity contribution in [2.45, 2.75) is 6.42 Å². The molecule has 2 aromatic carbocycles. The average Bonchev–Trinajstić information content (AvgIpc) is 2.93. The maximum Gasteiger partial charge on any atom is 0.225 e. The molecule has 1 aliphatic rings. The van der Waals surface area contributed by atoms with Crippen LogP contribution in [0.25, 0.3) is 22.4 Å². The van der Waals surface area contributed by atoms with Gasteiger partial charge in [0.05, 0.1) is 5.69 Å². The van der Waals surface area contributed by atoms with Gasteiger partial charge in [0.25, 0.3) is 0 Å². The molecule has 1 saturated heterocycles. The van der Waals surface area contributed by atoms with E-state index in [9.17, 15) is 0 Å². The van der Waals surface area contributed by atoms with E-state index in [1.54, 1.807) is 0 Å². The van der Waals surface area contributed by atoms with Crippen LogP contribution in [0.2, 0.25) is 0 Å². The van der Waals surface area contributed by atoms with Crippen molar-refractivity contribution in [3.05, 3.63) is 66.9 Å². The lowest BCUT2D eigenvalue weighted by Gasteiger charge is -2.22. The lowest BCUT2D eigenvalue weighted by molar-refractivity contribution is 0.360. The quantitative estimate of drug-likeness (QED) is 0.720. The molecule has 0 radical (unpaired) electrons. The maximum absolute atomic E-state index is 5.01. The minimum atomic E-state index is 0.832. The predicted octanol–water partition coefficient (Wildman–Crippen LogP) is 3.95. The first-order valence-corrected chi connectivity index (χ1v) is 9.22. The zero-order chi connectivity index (χ0) is 17.8. The average molecular weight is 344 g/mol. The topological polar surface area (TPSA) is 32.3 Å². The van der Waals surface area contributed by atoms with Crippen LogP contribution in [-0.4, -0.2) is 48.1 Å². The van der Waals surface area contributed by atoms with E-state index in [1.165, 1.54) is 0 Å². The molecule has 3 aromatic rings. The number of nitrogens with zero attached hydrogens (tertiary/aromatic N) is 4. The molecule has 4 rings (SSSR count). The molecule has 4 nitrogen and oxygen atoms in total. The normalized spacial score (nSPS) is 15.7. The Morgan fingerprint density at radius 2 is 1.46 bits per heavy atom. The third-order valence-corrected chi connectivity index (χ3v) is 4.91. The summed E-state index contributed by atoms with van der Waals surface area (Å²) in [5, 5.41) is 0. The fraction of sp³-hybridized carbons (Fsp3) is 0.273. The first-order valence-electron chi connectivity index (χ1n) is 9.22. The van der Waals surface area contributed by atoms with Gasteiger partial charge >= 0.3 is 0 Å². The van der Waals surface area contributed by atoms with Gasteiger partial charge < -0.3 is 9.80 Å². The van der Waals surface area contributed by atoms with Gasteiger partial charge in [-0.2, -0.15) is 0 Å². The van der Waals surface area contributed by atoms with E-state index in [4.69, 9.17) is 9.97 Å². The zero-order valence-electron chi connectivity index (χ0n) is 15.2. The van der Waals surface area contributed by atoms with Crippen LogP contribution < -0.4 is 4.90 Å². The van der Waals surface area contributed by atoms with Crippen molar-refractivity contribution in [3.63, 3.8) is 0 Å². The number of rotatable bonds is 3. The summed E-state index contributed by atoms with van der Waals surface area (Å²) in [5.41, 5.74) is 4.35. The third-order valence-electron chi connectivity index (χ3n) is 4.91. The summed E-state index contributed by atoms with van der Waals surface area (Å²) in [4.78, 5) is 14.4. The monoisotopic (exact) mass is 344 g/mol. The Morgan fingerprint density at radius 3 is 2.19 bits per heavy atom. The van der Waals surface area contributed by atoms with Crippen LogP contribution in [0.4, 0.5) is 5.95 Å². The highest BCUT2D eigenvalue weighted by Gasteiger charge is 2.18. The van der Waals surface area contributed by atoms with Crippen molar-refractivity contribution in [3.8, 4) is 22.4 Å². The van der Waals surface area contributed by atoms with Crippen molar-refractivity contribution in [1.82, 2.24) is 14.9 Å². The van der Waals surface area contributed by atoms with Gasteiger partial charge in [0.15, 0.2) is 0 Å². The fourth-order valence-corrected chi connectivity index (χ4v) is 3.42. The first-order chi connectivity index (χ1) is 12.8. The van der Waals surface area contributed by atoms with Crippen molar-refractivity contribution < 1.29 is 0 Å². The Labute approximate surface area is 155 Å². The van der Waals surface area contributed by atoms with Crippen molar-refractivity contribution in [2.24, 2.45) is 0 Å². The largest absolute Gasteiger partial charge is 0.339 e. The van der Waals surface area contributed by atoms with E-state index in [0.717, 1.165) is 60.9 Å². The molecule has 132 valence electrons. The van der Waals surface area contributed by atoms with Crippen molar-refractivity contribution >= 4 is 5.95 Å². The summed E-state index contributed by atoms with van der Waals surface area (Å²) >= 11 is 0. The van der Waals surface area contributed by atoms with E-state index in [-0.39, 0.29) is 0 Å². The van der Waals surface area contributed by atoms with Gasteiger partial charge in [-0.1, -0.05) is 60.7 Å². The Balaban J connectivity index is 1.77. The summed E-state index contributed by atoms with van der Waals surface area (Å²) in [6, 6.07) is 20.8. The van der Waals surface area contributed by atoms with E-state index < -0.39 is 0 Å². The lowest BCUT2D eigenvalue weighted by atomic mass is 10.0. The summed E-state index contributed by atoms with van der Waals surface area (Å²) in [5.74, 6) is 0.832. The summed E-state index contributed by atoms with van der Waals surface area (Å²) < 4.78 is 0. The summed E-state index contributed by atoms with van der Waals surface area (Å²) in [7, 11) is 2.18. The molecule has 26 heavy (non-hydrogen) atoms. The molecular formula is C22H24N4. The van der Waals surface area contributed by atoms with Gasteiger partial charge in [0.2, 0.25) is 5.95 Å². The molecule has 0 bridgehead atoms. The minimum absolute atomic E-state index is 0.832. The highest BCUT2D eigenvalue weighted by molar-refractivity contribution is 5.80. The molecule has 4 heteroatoms. The molecule has 0 saturated carbocycles. The molecule has 1 fully saturated rings. The second-order valence-corrected chi connectivity index (χ2v) is 6.81. The van der Waals surface area contributed by atoms with Crippen LogP contribution in [0.3, 0.4) is 0 Å². The number of anilines is 1. The SMILES string of the molecule is CN1CCCN(c2ncc(-c3ccccc3)c(-c3ccccc3)n2)CC1. The zero-order valence-corrected chi connectivity index (χ0v) is 15.2. The maximum atomic E-state index is 5.01. The molecule has 0 aliphatic carbocycles. The number of hydrogen-bond acceptors (Lipinski definition) is 4. The number of benzene rings is 2. The summed E-state index contributed by atoms with van der Waals surface area (Å²) in [6.45, 7) is 4.15. The smallest absolute Gasteiger partial charge is 0.225 e. The lowest BCUT2D eigenvalue weighted by Crippen LogP contribution is -2.30.